The summed E-state index contributed by atoms with van der Waals surface area (Å²) in [7, 11) is 0. The topological polar surface area (TPSA) is 159 Å². The van der Waals surface area contributed by atoms with Crippen LogP contribution in [0.25, 0.3) is 0 Å². The third-order valence-corrected chi connectivity index (χ3v) is 5.23. The summed E-state index contributed by atoms with van der Waals surface area (Å²) in [5.41, 5.74) is 0. The quantitative estimate of drug-likeness (QED) is 0.128. The maximum absolute atomic E-state index is 12.0. The minimum absolute atomic E-state index is 0. The Morgan fingerprint density at radius 3 is 1.70 bits per heavy atom. The molecule has 5 atom stereocenters. The van der Waals surface area contributed by atoms with Gasteiger partial charge in [-0.1, -0.05) is 51.4 Å². The number of rotatable bonds is 15. The molecule has 5 N–H and O–H groups in total. The van der Waals surface area contributed by atoms with E-state index in [1.807, 2.05) is 0 Å². The Kier molecular flexibility index (Phi) is 17.2. The van der Waals surface area contributed by atoms with Crippen molar-refractivity contribution in [2.45, 2.75) is 108 Å². The van der Waals surface area contributed by atoms with Crippen molar-refractivity contribution in [2.75, 3.05) is 6.61 Å². The van der Waals surface area contributed by atoms with Gasteiger partial charge < -0.3 is 40.4 Å². The molecule has 170 valence electrons. The molecule has 0 spiro atoms. The summed E-state index contributed by atoms with van der Waals surface area (Å²) < 4.78 is 5.25. The normalized spacial score (nSPS) is 26.1. The van der Waals surface area contributed by atoms with Crippen LogP contribution in [0.2, 0.25) is 0 Å². The molecular weight excluding hydrogens is 405 g/mol. The molecule has 1 fully saturated rings. The van der Waals surface area contributed by atoms with E-state index in [-0.39, 0.29) is 48.3 Å². The third kappa shape index (κ3) is 12.0. The van der Waals surface area contributed by atoms with Crippen LogP contribution in [0, 0.1) is 0 Å². The van der Waals surface area contributed by atoms with Gasteiger partial charge in [0.1, 0.15) is 24.4 Å². The van der Waals surface area contributed by atoms with Crippen LogP contribution in [0.4, 0.5) is 0 Å². The average Bonchev–Trinajstić information content (AvgIpc) is 2.69. The first-order valence-corrected chi connectivity index (χ1v) is 10.7. The first kappa shape index (κ1) is 29.7. The van der Waals surface area contributed by atoms with Gasteiger partial charge in [0.2, 0.25) is 5.91 Å². The second-order valence-corrected chi connectivity index (χ2v) is 7.72. The number of hydrogen-bond acceptors (Lipinski definition) is 8. The molecular formula is C20H36NNaO8. The molecule has 1 heterocycles. The molecule has 1 saturated heterocycles. The van der Waals surface area contributed by atoms with Crippen molar-refractivity contribution >= 4 is 11.9 Å². The van der Waals surface area contributed by atoms with Gasteiger partial charge in [0.15, 0.2) is 6.23 Å². The summed E-state index contributed by atoms with van der Waals surface area (Å²) >= 11 is 0. The number of amides is 1. The van der Waals surface area contributed by atoms with Crippen LogP contribution in [-0.4, -0.2) is 69.6 Å². The number of carboxylic acid groups (broad SMARTS) is 1. The van der Waals surface area contributed by atoms with E-state index in [2.05, 4.69) is 5.32 Å². The zero-order chi connectivity index (χ0) is 21.6. The fourth-order valence-electron chi connectivity index (χ4n) is 3.42. The molecule has 1 aliphatic rings. The van der Waals surface area contributed by atoms with Crippen molar-refractivity contribution in [3.05, 3.63) is 0 Å². The number of aliphatic hydroxyl groups excluding tert-OH is 4. The van der Waals surface area contributed by atoms with E-state index in [9.17, 15) is 30.0 Å². The molecule has 0 radical (unpaired) electrons. The SMILES string of the molecule is O=C([O-])CCCCCCCCCCCCC(=O)N[C@@H]1O[C@H](CO)[C@@H](O)[C@H](O)[C@H]1O.[Na+]. The fourth-order valence-corrected chi connectivity index (χ4v) is 3.42. The monoisotopic (exact) mass is 441 g/mol. The second-order valence-electron chi connectivity index (χ2n) is 7.72. The van der Waals surface area contributed by atoms with Gasteiger partial charge in [-0.25, -0.2) is 0 Å². The molecule has 1 aliphatic heterocycles. The Morgan fingerprint density at radius 2 is 1.23 bits per heavy atom. The van der Waals surface area contributed by atoms with Crippen LogP contribution in [0.15, 0.2) is 0 Å². The average molecular weight is 441 g/mol. The van der Waals surface area contributed by atoms with Crippen molar-refractivity contribution < 1.29 is 69.4 Å². The number of unbranched alkanes of at least 4 members (excludes halogenated alkanes) is 9. The van der Waals surface area contributed by atoms with Gasteiger partial charge in [0, 0.05) is 12.4 Å². The van der Waals surface area contributed by atoms with Gasteiger partial charge in [-0.15, -0.1) is 0 Å². The molecule has 10 heteroatoms. The standard InChI is InChI=1S/C20H37NO8.Na/c22-13-14-17(26)18(27)19(28)20(29-14)21-15(23)11-9-7-5-3-1-2-4-6-8-10-12-16(24)25;/h14,17-20,22,26-28H,1-13H2,(H,21,23)(H,24,25);/q;+1/p-1/t14-,17-,18+,19-,20-;/m1./s1. The van der Waals surface area contributed by atoms with Gasteiger partial charge in [-0.2, -0.15) is 0 Å². The Bertz CT molecular complexity index is 480. The predicted molar refractivity (Wildman–Crippen MR) is 102 cm³/mol. The Balaban J connectivity index is 0.00000841. The van der Waals surface area contributed by atoms with Crippen molar-refractivity contribution in [1.82, 2.24) is 5.32 Å². The van der Waals surface area contributed by atoms with E-state index >= 15 is 0 Å². The number of carbonyl (C=O) groups is 2. The summed E-state index contributed by atoms with van der Waals surface area (Å²) in [6.07, 6.45) is 3.56. The minimum Gasteiger partial charge on any atom is -0.550 e. The summed E-state index contributed by atoms with van der Waals surface area (Å²) in [6, 6.07) is 0. The number of hydrogen-bond donors (Lipinski definition) is 5. The molecule has 0 aromatic rings. The minimum atomic E-state index is -1.50. The molecule has 0 aliphatic carbocycles. The van der Waals surface area contributed by atoms with Gasteiger partial charge >= 0.3 is 29.6 Å². The molecule has 0 aromatic heterocycles. The molecule has 0 bridgehead atoms. The molecule has 30 heavy (non-hydrogen) atoms. The maximum Gasteiger partial charge on any atom is 1.00 e. The van der Waals surface area contributed by atoms with Crippen LogP contribution < -0.4 is 40.0 Å². The molecule has 0 saturated carbocycles. The van der Waals surface area contributed by atoms with E-state index in [1.165, 1.54) is 0 Å². The Morgan fingerprint density at radius 1 is 0.767 bits per heavy atom. The van der Waals surface area contributed by atoms with Crippen LogP contribution in [-0.2, 0) is 14.3 Å². The first-order valence-electron chi connectivity index (χ1n) is 10.7. The van der Waals surface area contributed by atoms with Crippen molar-refractivity contribution in [3.8, 4) is 0 Å². The maximum atomic E-state index is 12.0. The van der Waals surface area contributed by atoms with Crippen LogP contribution in [0.1, 0.15) is 77.0 Å². The molecule has 0 aromatic carbocycles. The van der Waals surface area contributed by atoms with Crippen LogP contribution in [0.5, 0.6) is 0 Å². The van der Waals surface area contributed by atoms with E-state index in [0.717, 1.165) is 51.4 Å². The van der Waals surface area contributed by atoms with E-state index in [4.69, 9.17) is 9.84 Å². The number of ether oxygens (including phenoxy) is 1. The molecule has 0 unspecified atom stereocenters. The summed E-state index contributed by atoms with van der Waals surface area (Å²) in [5, 5.41) is 51.2. The van der Waals surface area contributed by atoms with E-state index in [1.54, 1.807) is 0 Å². The number of nitrogens with one attached hydrogen (secondary N) is 1. The van der Waals surface area contributed by atoms with Crippen LogP contribution in [0.3, 0.4) is 0 Å². The van der Waals surface area contributed by atoms with Crippen LogP contribution >= 0.6 is 0 Å². The van der Waals surface area contributed by atoms with Gasteiger partial charge in [0.25, 0.3) is 0 Å². The zero-order valence-corrected chi connectivity index (χ0v) is 20.0. The van der Waals surface area contributed by atoms with Crippen molar-refractivity contribution in [1.29, 1.82) is 0 Å². The van der Waals surface area contributed by atoms with Gasteiger partial charge in [-0.05, 0) is 19.3 Å². The van der Waals surface area contributed by atoms with Gasteiger partial charge in [-0.3, -0.25) is 4.79 Å². The molecule has 1 amide bonds. The predicted octanol–water partition coefficient (Wildman–Crippen LogP) is -3.66. The van der Waals surface area contributed by atoms with Crippen molar-refractivity contribution in [3.63, 3.8) is 0 Å². The van der Waals surface area contributed by atoms with Crippen molar-refractivity contribution in [2.24, 2.45) is 0 Å². The fraction of sp³-hybridized carbons (Fsp3) is 0.900. The largest absolute Gasteiger partial charge is 1.00 e. The van der Waals surface area contributed by atoms with E-state index in [0.29, 0.717) is 12.8 Å². The summed E-state index contributed by atoms with van der Waals surface area (Å²) in [5.74, 6) is -1.29. The smallest absolute Gasteiger partial charge is 0.550 e. The van der Waals surface area contributed by atoms with Gasteiger partial charge in [0.05, 0.1) is 6.61 Å². The third-order valence-electron chi connectivity index (χ3n) is 5.23. The number of aliphatic hydroxyl groups is 4. The molecule has 1 rings (SSSR count). The zero-order valence-electron chi connectivity index (χ0n) is 18.0. The second kappa shape index (κ2) is 17.3. The van der Waals surface area contributed by atoms with E-state index < -0.39 is 43.2 Å². The summed E-state index contributed by atoms with van der Waals surface area (Å²) in [6.45, 7) is -0.531. The Hall–Kier alpha value is -0.260. The number of carbonyl (C=O) groups excluding carboxylic acids is 2. The number of aliphatic carboxylic acids is 1. The molecule has 9 nitrogen and oxygen atoms in total. The Labute approximate surface area is 200 Å². The number of carboxylic acids is 1. The first-order chi connectivity index (χ1) is 13.9. The summed E-state index contributed by atoms with van der Waals surface area (Å²) in [4.78, 5) is 22.3.